The molecule has 0 aromatic carbocycles. The molecule has 2 heterocycles. The third-order valence-electron chi connectivity index (χ3n) is 5.74. The molecule has 3 fully saturated rings. The summed E-state index contributed by atoms with van der Waals surface area (Å²) in [7, 11) is 0. The molecule has 19 heavy (non-hydrogen) atoms. The van der Waals surface area contributed by atoms with E-state index in [0.717, 1.165) is 12.5 Å². The largest absolute Gasteiger partial charge is 0.370 e. The topological polar surface area (TPSA) is 25.1 Å². The molecule has 0 N–H and O–H groups in total. The van der Waals surface area contributed by atoms with E-state index in [1.807, 2.05) is 0 Å². The van der Waals surface area contributed by atoms with Crippen LogP contribution in [0.3, 0.4) is 0 Å². The Morgan fingerprint density at radius 1 is 1.11 bits per heavy atom. The highest BCUT2D eigenvalue weighted by molar-refractivity contribution is 5.10. The average Bonchev–Trinajstić information content (AvgIpc) is 3.29. The molecule has 3 rings (SSSR count). The molecule has 0 bridgehead atoms. The van der Waals surface area contributed by atoms with Crippen molar-refractivity contribution in [3.63, 3.8) is 0 Å². The molecule has 4 unspecified atom stereocenters. The predicted octanol–water partition coefficient (Wildman–Crippen LogP) is 4.46. The standard InChI is InChI=1S/C17H30O2/c1-3-4-5-6-7-8-10-17-11-9-14(12-15(17)19-17)16(2)13-18-16/h14-15H,3-13H2,1-2H3. The predicted molar refractivity (Wildman–Crippen MR) is 77.3 cm³/mol. The van der Waals surface area contributed by atoms with Crippen molar-refractivity contribution in [2.75, 3.05) is 6.61 Å². The lowest BCUT2D eigenvalue weighted by atomic mass is 9.75. The summed E-state index contributed by atoms with van der Waals surface area (Å²) in [6.45, 7) is 5.54. The lowest BCUT2D eigenvalue weighted by molar-refractivity contribution is 0.185. The smallest absolute Gasteiger partial charge is 0.0948 e. The first-order chi connectivity index (χ1) is 9.19. The average molecular weight is 266 g/mol. The lowest BCUT2D eigenvalue weighted by Gasteiger charge is -2.27. The van der Waals surface area contributed by atoms with Gasteiger partial charge in [-0.2, -0.15) is 0 Å². The first-order valence-electron chi connectivity index (χ1n) is 8.50. The summed E-state index contributed by atoms with van der Waals surface area (Å²) in [5.74, 6) is 0.762. The van der Waals surface area contributed by atoms with Crippen LogP contribution >= 0.6 is 0 Å². The molecule has 1 saturated carbocycles. The Morgan fingerprint density at radius 2 is 1.84 bits per heavy atom. The third-order valence-corrected chi connectivity index (χ3v) is 5.74. The second kappa shape index (κ2) is 5.37. The van der Waals surface area contributed by atoms with Crippen molar-refractivity contribution in [1.29, 1.82) is 0 Å². The Balaban J connectivity index is 1.33. The molecule has 2 heteroatoms. The summed E-state index contributed by atoms with van der Waals surface area (Å²) in [6, 6.07) is 0. The summed E-state index contributed by atoms with van der Waals surface area (Å²) < 4.78 is 11.7. The number of rotatable bonds is 8. The second-order valence-electron chi connectivity index (χ2n) is 7.26. The van der Waals surface area contributed by atoms with E-state index in [0.29, 0.717) is 11.7 Å². The lowest BCUT2D eigenvalue weighted by Crippen LogP contribution is -2.31. The molecule has 1 aliphatic carbocycles. The van der Waals surface area contributed by atoms with Crippen LogP contribution in [-0.4, -0.2) is 23.9 Å². The van der Waals surface area contributed by atoms with Crippen LogP contribution in [0.4, 0.5) is 0 Å². The van der Waals surface area contributed by atoms with Gasteiger partial charge in [0.2, 0.25) is 0 Å². The molecule has 0 aromatic heterocycles. The minimum atomic E-state index is 0.220. The third kappa shape index (κ3) is 3.00. The quantitative estimate of drug-likeness (QED) is 0.478. The van der Waals surface area contributed by atoms with E-state index >= 15 is 0 Å². The number of fused-ring (bicyclic) bond motifs is 1. The highest BCUT2D eigenvalue weighted by atomic mass is 16.6. The Morgan fingerprint density at radius 3 is 2.53 bits per heavy atom. The van der Waals surface area contributed by atoms with Crippen LogP contribution in [0, 0.1) is 5.92 Å². The van der Waals surface area contributed by atoms with E-state index in [-0.39, 0.29) is 5.60 Å². The van der Waals surface area contributed by atoms with Crippen LogP contribution in [-0.2, 0) is 9.47 Å². The zero-order valence-corrected chi connectivity index (χ0v) is 12.7. The molecule has 2 saturated heterocycles. The van der Waals surface area contributed by atoms with Crippen LogP contribution in [0.25, 0.3) is 0 Å². The van der Waals surface area contributed by atoms with Crippen molar-refractivity contribution >= 4 is 0 Å². The molecule has 0 spiro atoms. The maximum Gasteiger partial charge on any atom is 0.0948 e. The van der Waals surface area contributed by atoms with Gasteiger partial charge in [-0.15, -0.1) is 0 Å². The maximum atomic E-state index is 6.09. The molecule has 0 aromatic rings. The van der Waals surface area contributed by atoms with Crippen molar-refractivity contribution < 1.29 is 9.47 Å². The van der Waals surface area contributed by atoms with Crippen molar-refractivity contribution in [3.8, 4) is 0 Å². The van der Waals surface area contributed by atoms with Gasteiger partial charge in [0, 0.05) is 0 Å². The van der Waals surface area contributed by atoms with Crippen LogP contribution in [0.1, 0.15) is 78.1 Å². The number of epoxide rings is 2. The number of hydrogen-bond acceptors (Lipinski definition) is 2. The first kappa shape index (κ1) is 13.9. The molecule has 4 atom stereocenters. The van der Waals surface area contributed by atoms with Gasteiger partial charge in [0.15, 0.2) is 0 Å². The van der Waals surface area contributed by atoms with Gasteiger partial charge in [0.1, 0.15) is 0 Å². The SMILES string of the molecule is CCCCCCCCC12CCC(C3(C)CO3)CC1O2. The zero-order valence-electron chi connectivity index (χ0n) is 12.7. The van der Waals surface area contributed by atoms with Gasteiger partial charge in [-0.25, -0.2) is 0 Å². The molecular formula is C17H30O2. The van der Waals surface area contributed by atoms with E-state index in [2.05, 4.69) is 13.8 Å². The number of hydrogen-bond donors (Lipinski definition) is 0. The van der Waals surface area contributed by atoms with Gasteiger partial charge >= 0.3 is 0 Å². The fraction of sp³-hybridized carbons (Fsp3) is 1.00. The fourth-order valence-electron chi connectivity index (χ4n) is 3.98. The molecule has 110 valence electrons. The fourth-order valence-corrected chi connectivity index (χ4v) is 3.98. The monoisotopic (exact) mass is 266 g/mol. The van der Waals surface area contributed by atoms with Gasteiger partial charge in [-0.05, 0) is 38.5 Å². The first-order valence-corrected chi connectivity index (χ1v) is 8.50. The van der Waals surface area contributed by atoms with Crippen molar-refractivity contribution in [2.45, 2.75) is 95.4 Å². The van der Waals surface area contributed by atoms with Crippen molar-refractivity contribution in [3.05, 3.63) is 0 Å². The van der Waals surface area contributed by atoms with Crippen LogP contribution in [0.5, 0.6) is 0 Å². The molecule has 2 nitrogen and oxygen atoms in total. The van der Waals surface area contributed by atoms with Crippen LogP contribution in [0.15, 0.2) is 0 Å². The Labute approximate surface area is 118 Å². The summed E-state index contributed by atoms with van der Waals surface area (Å²) in [5, 5.41) is 0. The Bertz CT molecular complexity index is 310. The summed E-state index contributed by atoms with van der Waals surface area (Å²) in [6.07, 6.45) is 14.1. The van der Waals surface area contributed by atoms with E-state index in [4.69, 9.17) is 9.47 Å². The Kier molecular flexibility index (Phi) is 3.92. The molecular weight excluding hydrogens is 236 g/mol. The van der Waals surface area contributed by atoms with Gasteiger partial charge in [0.25, 0.3) is 0 Å². The minimum absolute atomic E-state index is 0.220. The molecule has 0 amide bonds. The minimum Gasteiger partial charge on any atom is -0.370 e. The van der Waals surface area contributed by atoms with Crippen LogP contribution in [0.2, 0.25) is 0 Å². The van der Waals surface area contributed by atoms with Crippen molar-refractivity contribution in [2.24, 2.45) is 5.92 Å². The zero-order chi connectivity index (χ0) is 13.3. The second-order valence-corrected chi connectivity index (χ2v) is 7.26. The van der Waals surface area contributed by atoms with Gasteiger partial charge in [-0.1, -0.05) is 45.4 Å². The van der Waals surface area contributed by atoms with Gasteiger partial charge < -0.3 is 9.47 Å². The number of unbranched alkanes of at least 4 members (excludes halogenated alkanes) is 5. The number of ether oxygens (including phenoxy) is 2. The Hall–Kier alpha value is -0.0800. The van der Waals surface area contributed by atoms with Gasteiger partial charge in [0.05, 0.1) is 23.9 Å². The van der Waals surface area contributed by atoms with E-state index < -0.39 is 0 Å². The normalized spacial score (nSPS) is 43.9. The highest BCUT2D eigenvalue weighted by Gasteiger charge is 2.62. The maximum absolute atomic E-state index is 6.09. The summed E-state index contributed by atoms with van der Waals surface area (Å²) in [4.78, 5) is 0. The summed E-state index contributed by atoms with van der Waals surface area (Å²) >= 11 is 0. The molecule has 3 aliphatic rings. The van der Waals surface area contributed by atoms with E-state index in [1.54, 1.807) is 0 Å². The van der Waals surface area contributed by atoms with Crippen molar-refractivity contribution in [1.82, 2.24) is 0 Å². The molecule has 0 radical (unpaired) electrons. The summed E-state index contributed by atoms with van der Waals surface area (Å²) in [5.41, 5.74) is 0.533. The molecule has 2 aliphatic heterocycles. The van der Waals surface area contributed by atoms with E-state index in [1.165, 1.54) is 64.2 Å². The van der Waals surface area contributed by atoms with E-state index in [9.17, 15) is 0 Å². The van der Waals surface area contributed by atoms with Crippen LogP contribution < -0.4 is 0 Å². The highest BCUT2D eigenvalue weighted by Crippen LogP contribution is 2.56. The van der Waals surface area contributed by atoms with Gasteiger partial charge in [-0.3, -0.25) is 0 Å².